The van der Waals surface area contributed by atoms with Gasteiger partial charge in [-0.1, -0.05) is 54.4 Å². The second-order valence-corrected chi connectivity index (χ2v) is 8.72. The summed E-state index contributed by atoms with van der Waals surface area (Å²) in [5, 5.41) is 61.3. The smallest absolute Gasteiger partial charge is 0.309 e. The molecule has 0 aliphatic carbocycles. The van der Waals surface area contributed by atoms with E-state index < -0.39 is 22.2 Å². The maximum atomic E-state index is 11.4. The van der Waals surface area contributed by atoms with E-state index in [-0.39, 0.29) is 39.6 Å². The maximum absolute atomic E-state index is 11.4. The Kier molecular flexibility index (Phi) is 22.0. The van der Waals surface area contributed by atoms with Crippen LogP contribution in [0.15, 0.2) is 0 Å². The van der Waals surface area contributed by atoms with E-state index in [9.17, 15) is 9.90 Å². The molecule has 0 fully saturated rings. The molecule has 1 atom stereocenters. The predicted molar refractivity (Wildman–Crippen MR) is 127 cm³/mol. The lowest BCUT2D eigenvalue weighted by atomic mass is 9.68. The minimum atomic E-state index is -0.667. The SMILES string of the molecule is CCC(CO)(CO)CO.CCC(CO)(CO)CO.CCCC(CC)C(CC)(CC)C(=O)O. The van der Waals surface area contributed by atoms with Gasteiger partial charge in [0.2, 0.25) is 0 Å². The summed E-state index contributed by atoms with van der Waals surface area (Å²) >= 11 is 0. The Labute approximate surface area is 195 Å². The van der Waals surface area contributed by atoms with Gasteiger partial charge in [0.25, 0.3) is 0 Å². The summed E-state index contributed by atoms with van der Waals surface area (Å²) in [7, 11) is 0. The van der Waals surface area contributed by atoms with Gasteiger partial charge in [-0.05, 0) is 38.0 Å². The van der Waals surface area contributed by atoms with Crippen LogP contribution in [0, 0.1) is 22.2 Å². The van der Waals surface area contributed by atoms with E-state index in [0.29, 0.717) is 18.8 Å². The van der Waals surface area contributed by atoms with Crippen LogP contribution in [0.2, 0.25) is 0 Å². The van der Waals surface area contributed by atoms with Gasteiger partial charge in [-0.25, -0.2) is 0 Å². The summed E-state index contributed by atoms with van der Waals surface area (Å²) in [6.07, 6.45) is 5.77. The molecule has 0 aromatic carbocycles. The highest BCUT2D eigenvalue weighted by molar-refractivity contribution is 5.74. The second kappa shape index (κ2) is 19.7. The third-order valence-electron chi connectivity index (χ3n) is 7.11. The Bertz CT molecular complexity index is 375. The Morgan fingerprint density at radius 1 is 0.625 bits per heavy atom. The molecule has 0 spiro atoms. The first kappa shape index (κ1) is 35.8. The summed E-state index contributed by atoms with van der Waals surface area (Å²) in [5.74, 6) is -0.275. The highest BCUT2D eigenvalue weighted by atomic mass is 16.4. The number of carboxylic acids is 1. The van der Waals surface area contributed by atoms with Gasteiger partial charge < -0.3 is 35.7 Å². The second-order valence-electron chi connectivity index (χ2n) is 8.72. The molecule has 0 bridgehead atoms. The Morgan fingerprint density at radius 3 is 1.03 bits per heavy atom. The zero-order valence-corrected chi connectivity index (χ0v) is 21.3. The normalized spacial score (nSPS) is 12.9. The monoisotopic (exact) mass is 468 g/mol. The van der Waals surface area contributed by atoms with E-state index in [2.05, 4.69) is 13.8 Å². The van der Waals surface area contributed by atoms with Gasteiger partial charge in [-0.2, -0.15) is 0 Å². The molecule has 32 heavy (non-hydrogen) atoms. The Morgan fingerprint density at radius 2 is 0.938 bits per heavy atom. The van der Waals surface area contributed by atoms with E-state index >= 15 is 0 Å². The average Bonchev–Trinajstić information content (AvgIpc) is 2.84. The molecule has 0 rings (SSSR count). The Balaban J connectivity index is -0.000000411. The highest BCUT2D eigenvalue weighted by Crippen LogP contribution is 2.40. The fraction of sp³-hybridized carbons (Fsp3) is 0.958. The lowest BCUT2D eigenvalue weighted by Gasteiger charge is -2.35. The number of hydrogen-bond donors (Lipinski definition) is 7. The van der Waals surface area contributed by atoms with Crippen LogP contribution >= 0.6 is 0 Å². The quantitative estimate of drug-likeness (QED) is 0.193. The number of carboxylic acid groups (broad SMARTS) is 1. The van der Waals surface area contributed by atoms with Crippen LogP contribution in [0.3, 0.4) is 0 Å². The van der Waals surface area contributed by atoms with Crippen molar-refractivity contribution in [2.45, 2.75) is 86.5 Å². The zero-order valence-electron chi connectivity index (χ0n) is 21.3. The third kappa shape index (κ3) is 10.9. The number of carbonyl (C=O) groups is 1. The molecule has 0 aliphatic heterocycles. The van der Waals surface area contributed by atoms with Crippen molar-refractivity contribution in [1.29, 1.82) is 0 Å². The fourth-order valence-corrected chi connectivity index (χ4v) is 3.49. The molecular weight excluding hydrogens is 416 g/mol. The van der Waals surface area contributed by atoms with Crippen LogP contribution in [0.25, 0.3) is 0 Å². The number of hydrogen-bond acceptors (Lipinski definition) is 7. The minimum Gasteiger partial charge on any atom is -0.481 e. The van der Waals surface area contributed by atoms with Crippen molar-refractivity contribution in [2.75, 3.05) is 39.6 Å². The minimum absolute atomic E-state index is 0.156. The molecule has 0 aromatic heterocycles. The van der Waals surface area contributed by atoms with Crippen LogP contribution < -0.4 is 0 Å². The lowest BCUT2D eigenvalue weighted by molar-refractivity contribution is -0.153. The molecule has 0 saturated carbocycles. The van der Waals surface area contributed by atoms with Crippen molar-refractivity contribution in [3.8, 4) is 0 Å². The van der Waals surface area contributed by atoms with Crippen LogP contribution in [0.1, 0.15) is 86.5 Å². The molecule has 0 saturated heterocycles. The molecule has 196 valence electrons. The van der Waals surface area contributed by atoms with Gasteiger partial charge >= 0.3 is 5.97 Å². The van der Waals surface area contributed by atoms with Gasteiger partial charge in [-0.15, -0.1) is 0 Å². The first-order valence-electron chi connectivity index (χ1n) is 12.0. The van der Waals surface area contributed by atoms with Crippen LogP contribution in [-0.2, 0) is 4.79 Å². The van der Waals surface area contributed by atoms with Gasteiger partial charge in [0.1, 0.15) is 0 Å². The topological polar surface area (TPSA) is 159 Å². The first-order valence-corrected chi connectivity index (χ1v) is 12.0. The van der Waals surface area contributed by atoms with E-state index in [1.54, 1.807) is 0 Å². The first-order chi connectivity index (χ1) is 15.1. The number of aliphatic hydroxyl groups is 6. The summed E-state index contributed by atoms with van der Waals surface area (Å²) in [4.78, 5) is 11.4. The molecule has 0 radical (unpaired) electrons. The lowest BCUT2D eigenvalue weighted by Crippen LogP contribution is -2.37. The summed E-state index contributed by atoms with van der Waals surface area (Å²) < 4.78 is 0. The van der Waals surface area contributed by atoms with Crippen LogP contribution in [0.5, 0.6) is 0 Å². The van der Waals surface area contributed by atoms with Gasteiger partial charge in [0.05, 0.1) is 45.1 Å². The molecule has 0 aliphatic rings. The predicted octanol–water partition coefficient (Wildman–Crippen LogP) is 2.42. The van der Waals surface area contributed by atoms with Crippen molar-refractivity contribution in [3.05, 3.63) is 0 Å². The molecule has 0 aromatic rings. The molecule has 0 heterocycles. The molecule has 8 nitrogen and oxygen atoms in total. The number of aliphatic carboxylic acids is 1. The van der Waals surface area contributed by atoms with Crippen molar-refractivity contribution in [2.24, 2.45) is 22.2 Å². The summed E-state index contributed by atoms with van der Waals surface area (Å²) in [5.41, 5.74) is -1.81. The van der Waals surface area contributed by atoms with Crippen LogP contribution in [-0.4, -0.2) is 81.4 Å². The van der Waals surface area contributed by atoms with Gasteiger partial charge in [0, 0.05) is 10.8 Å². The maximum Gasteiger partial charge on any atom is 0.309 e. The third-order valence-corrected chi connectivity index (χ3v) is 7.11. The standard InChI is InChI=1S/C12H24O2.2C6H14O3/c1-5-9-10(6-2)12(7-3,8-4)11(13)14;2*1-2-6(3-7,4-8)5-9/h10H,5-9H2,1-4H3,(H,13,14);2*7-9H,2-5H2,1H3. The van der Waals surface area contributed by atoms with Gasteiger partial charge in [0.15, 0.2) is 0 Å². The van der Waals surface area contributed by atoms with E-state index in [1.165, 1.54) is 0 Å². The van der Waals surface area contributed by atoms with Crippen molar-refractivity contribution >= 4 is 5.97 Å². The van der Waals surface area contributed by atoms with Gasteiger partial charge in [-0.3, -0.25) is 4.79 Å². The van der Waals surface area contributed by atoms with Crippen molar-refractivity contribution in [1.82, 2.24) is 0 Å². The molecule has 8 heteroatoms. The molecule has 1 unspecified atom stereocenters. The van der Waals surface area contributed by atoms with Crippen molar-refractivity contribution in [3.63, 3.8) is 0 Å². The Hall–Kier alpha value is -0.770. The molecule has 7 N–H and O–H groups in total. The van der Waals surface area contributed by atoms with E-state index in [4.69, 9.17) is 30.6 Å². The fourth-order valence-electron chi connectivity index (χ4n) is 3.49. The largest absolute Gasteiger partial charge is 0.481 e. The summed E-state index contributed by atoms with van der Waals surface area (Å²) in [6, 6.07) is 0. The zero-order chi connectivity index (χ0) is 25.8. The molecule has 0 amide bonds. The highest BCUT2D eigenvalue weighted by Gasteiger charge is 2.41. The summed E-state index contributed by atoms with van der Waals surface area (Å²) in [6.45, 7) is 10.9. The van der Waals surface area contributed by atoms with E-state index in [1.807, 2.05) is 27.7 Å². The molecular formula is C24H52O8. The number of rotatable bonds is 15. The van der Waals surface area contributed by atoms with E-state index in [0.717, 1.165) is 32.1 Å². The average molecular weight is 469 g/mol. The van der Waals surface area contributed by atoms with Crippen molar-refractivity contribution < 1.29 is 40.5 Å². The number of aliphatic hydroxyl groups excluding tert-OH is 6. The van der Waals surface area contributed by atoms with Crippen LogP contribution in [0.4, 0.5) is 0 Å².